The Balaban J connectivity index is 2.10. The van der Waals surface area contributed by atoms with Gasteiger partial charge < -0.3 is 14.6 Å². The Labute approximate surface area is 114 Å². The van der Waals surface area contributed by atoms with Crippen LogP contribution in [-0.4, -0.2) is 23.3 Å². The van der Waals surface area contributed by atoms with Crippen LogP contribution in [0.5, 0.6) is 0 Å². The zero-order valence-electron chi connectivity index (χ0n) is 9.56. The van der Waals surface area contributed by atoms with Crippen LogP contribution in [0.1, 0.15) is 0 Å². The van der Waals surface area contributed by atoms with Gasteiger partial charge >= 0.3 is 0 Å². The second-order valence-corrected chi connectivity index (χ2v) is 4.82. The quantitative estimate of drug-likeness (QED) is 0.849. The third-order valence-corrected chi connectivity index (χ3v) is 3.00. The molecule has 0 saturated carbocycles. The van der Waals surface area contributed by atoms with Crippen LogP contribution in [0.15, 0.2) is 36.7 Å². The number of halogens is 1. The largest absolute Gasteiger partial charge is 0.383 e. The Morgan fingerprint density at radius 1 is 1.47 bits per heavy atom. The topological polar surface area (TPSA) is 39.1 Å². The SMILES string of the molecule is COCCn1ccnc1Nc1cccc(I)c1. The van der Waals surface area contributed by atoms with Crippen molar-refractivity contribution >= 4 is 34.2 Å². The van der Waals surface area contributed by atoms with Crippen LogP contribution in [-0.2, 0) is 11.3 Å². The highest BCUT2D eigenvalue weighted by Gasteiger charge is 2.02. The minimum absolute atomic E-state index is 0.678. The van der Waals surface area contributed by atoms with E-state index in [-0.39, 0.29) is 0 Å². The number of hydrogen-bond acceptors (Lipinski definition) is 3. The van der Waals surface area contributed by atoms with E-state index in [1.54, 1.807) is 13.3 Å². The number of anilines is 2. The van der Waals surface area contributed by atoms with E-state index in [9.17, 15) is 0 Å². The molecule has 1 heterocycles. The average Bonchev–Trinajstić information content (AvgIpc) is 2.74. The molecule has 1 N–H and O–H groups in total. The molecule has 0 amide bonds. The third-order valence-electron chi connectivity index (χ3n) is 2.33. The lowest BCUT2D eigenvalue weighted by molar-refractivity contribution is 0.188. The van der Waals surface area contributed by atoms with Gasteiger partial charge in [-0.1, -0.05) is 6.07 Å². The fourth-order valence-electron chi connectivity index (χ4n) is 1.50. The summed E-state index contributed by atoms with van der Waals surface area (Å²) in [6, 6.07) is 8.18. The van der Waals surface area contributed by atoms with E-state index in [0.29, 0.717) is 6.61 Å². The summed E-state index contributed by atoms with van der Waals surface area (Å²) < 4.78 is 8.29. The molecule has 0 fully saturated rings. The summed E-state index contributed by atoms with van der Waals surface area (Å²) in [6.45, 7) is 1.47. The van der Waals surface area contributed by atoms with Crippen molar-refractivity contribution in [1.29, 1.82) is 0 Å². The van der Waals surface area contributed by atoms with E-state index in [0.717, 1.165) is 18.2 Å². The summed E-state index contributed by atoms with van der Waals surface area (Å²) >= 11 is 2.29. The molecule has 1 aromatic carbocycles. The van der Waals surface area contributed by atoms with Gasteiger partial charge in [-0.2, -0.15) is 0 Å². The molecule has 2 aromatic rings. The molecule has 5 heteroatoms. The van der Waals surface area contributed by atoms with Crippen molar-refractivity contribution in [3.05, 3.63) is 40.2 Å². The number of nitrogens with zero attached hydrogens (tertiary/aromatic N) is 2. The van der Waals surface area contributed by atoms with Gasteiger partial charge in [0.2, 0.25) is 5.95 Å². The van der Waals surface area contributed by atoms with Crippen LogP contribution in [0.2, 0.25) is 0 Å². The fraction of sp³-hybridized carbons (Fsp3) is 0.250. The molecule has 0 unspecified atom stereocenters. The van der Waals surface area contributed by atoms with Gasteiger partial charge in [-0.25, -0.2) is 4.98 Å². The summed E-state index contributed by atoms with van der Waals surface area (Å²) in [6.07, 6.45) is 3.72. The molecule has 0 radical (unpaired) electrons. The van der Waals surface area contributed by atoms with Crippen LogP contribution in [0.4, 0.5) is 11.6 Å². The normalized spacial score (nSPS) is 10.5. The first-order valence-corrected chi connectivity index (χ1v) is 6.40. The van der Waals surface area contributed by atoms with E-state index in [1.807, 2.05) is 22.9 Å². The Morgan fingerprint density at radius 2 is 2.35 bits per heavy atom. The Morgan fingerprint density at radius 3 is 3.12 bits per heavy atom. The highest BCUT2D eigenvalue weighted by molar-refractivity contribution is 14.1. The van der Waals surface area contributed by atoms with Gasteiger partial charge in [0.25, 0.3) is 0 Å². The number of benzene rings is 1. The smallest absolute Gasteiger partial charge is 0.207 e. The van der Waals surface area contributed by atoms with Gasteiger partial charge in [0.05, 0.1) is 6.61 Å². The molecule has 0 aliphatic heterocycles. The Hall–Kier alpha value is -1.08. The van der Waals surface area contributed by atoms with E-state index < -0.39 is 0 Å². The molecular formula is C12H14IN3O. The maximum atomic E-state index is 5.06. The lowest BCUT2D eigenvalue weighted by Gasteiger charge is -2.09. The molecule has 1 aromatic heterocycles. The lowest BCUT2D eigenvalue weighted by Crippen LogP contribution is -2.07. The number of imidazole rings is 1. The monoisotopic (exact) mass is 343 g/mol. The molecule has 90 valence electrons. The van der Waals surface area contributed by atoms with Crippen LogP contribution >= 0.6 is 22.6 Å². The molecule has 17 heavy (non-hydrogen) atoms. The predicted molar refractivity (Wildman–Crippen MR) is 76.5 cm³/mol. The maximum Gasteiger partial charge on any atom is 0.207 e. The van der Waals surface area contributed by atoms with Crippen LogP contribution in [0, 0.1) is 3.57 Å². The molecule has 0 bridgehead atoms. The van der Waals surface area contributed by atoms with Crippen LogP contribution < -0.4 is 5.32 Å². The first-order chi connectivity index (χ1) is 8.29. The zero-order chi connectivity index (χ0) is 12.1. The number of methoxy groups -OCH3 is 1. The maximum absolute atomic E-state index is 5.06. The molecule has 0 aliphatic rings. The van der Waals surface area contributed by atoms with Crippen molar-refractivity contribution in [1.82, 2.24) is 9.55 Å². The minimum Gasteiger partial charge on any atom is -0.383 e. The van der Waals surface area contributed by atoms with Gasteiger partial charge in [-0.05, 0) is 40.8 Å². The highest BCUT2D eigenvalue weighted by atomic mass is 127. The van der Waals surface area contributed by atoms with E-state index in [1.165, 1.54) is 3.57 Å². The minimum atomic E-state index is 0.678. The van der Waals surface area contributed by atoms with Crippen molar-refractivity contribution < 1.29 is 4.74 Å². The Bertz CT molecular complexity index is 484. The van der Waals surface area contributed by atoms with Gasteiger partial charge in [0.15, 0.2) is 0 Å². The molecule has 0 saturated heterocycles. The summed E-state index contributed by atoms with van der Waals surface area (Å²) in [5.41, 5.74) is 1.04. The number of nitrogens with one attached hydrogen (secondary N) is 1. The van der Waals surface area contributed by atoms with E-state index in [4.69, 9.17) is 4.74 Å². The second-order valence-electron chi connectivity index (χ2n) is 3.57. The summed E-state index contributed by atoms with van der Waals surface area (Å²) in [5, 5.41) is 3.29. The second kappa shape index (κ2) is 6.02. The molecule has 0 aliphatic carbocycles. The van der Waals surface area contributed by atoms with Gasteiger partial charge in [0.1, 0.15) is 0 Å². The van der Waals surface area contributed by atoms with Crippen LogP contribution in [0.25, 0.3) is 0 Å². The Kier molecular flexibility index (Phi) is 4.38. The predicted octanol–water partition coefficient (Wildman–Crippen LogP) is 2.88. The van der Waals surface area contributed by atoms with Crippen molar-refractivity contribution in [2.75, 3.05) is 19.0 Å². The third kappa shape index (κ3) is 3.44. The molecule has 0 spiro atoms. The summed E-state index contributed by atoms with van der Waals surface area (Å²) in [7, 11) is 1.70. The van der Waals surface area contributed by atoms with Gasteiger partial charge in [-0.15, -0.1) is 0 Å². The van der Waals surface area contributed by atoms with Crippen LogP contribution in [0.3, 0.4) is 0 Å². The van der Waals surface area contributed by atoms with Crippen molar-refractivity contribution in [3.8, 4) is 0 Å². The van der Waals surface area contributed by atoms with Gasteiger partial charge in [-0.3, -0.25) is 0 Å². The van der Waals surface area contributed by atoms with Gasteiger partial charge in [0, 0.05) is 35.3 Å². The summed E-state index contributed by atoms with van der Waals surface area (Å²) in [5.74, 6) is 0.837. The van der Waals surface area contributed by atoms with E-state index >= 15 is 0 Å². The molecule has 0 atom stereocenters. The fourth-order valence-corrected chi connectivity index (χ4v) is 2.04. The first kappa shape index (κ1) is 12.4. The summed E-state index contributed by atoms with van der Waals surface area (Å²) in [4.78, 5) is 4.29. The zero-order valence-corrected chi connectivity index (χ0v) is 11.7. The number of aromatic nitrogens is 2. The number of ether oxygens (including phenoxy) is 1. The molecule has 4 nitrogen and oxygen atoms in total. The number of hydrogen-bond donors (Lipinski definition) is 1. The molecule has 2 rings (SSSR count). The standard InChI is InChI=1S/C12H14IN3O/c1-17-8-7-16-6-5-14-12(16)15-11-4-2-3-10(13)9-11/h2-6,9H,7-8H2,1H3,(H,14,15). The van der Waals surface area contributed by atoms with Crippen molar-refractivity contribution in [2.24, 2.45) is 0 Å². The number of rotatable bonds is 5. The highest BCUT2D eigenvalue weighted by Crippen LogP contribution is 2.17. The molecular weight excluding hydrogens is 329 g/mol. The van der Waals surface area contributed by atoms with Crippen molar-refractivity contribution in [3.63, 3.8) is 0 Å². The average molecular weight is 343 g/mol. The van der Waals surface area contributed by atoms with Crippen molar-refractivity contribution in [2.45, 2.75) is 6.54 Å². The van der Waals surface area contributed by atoms with E-state index in [2.05, 4.69) is 45.0 Å². The first-order valence-electron chi connectivity index (χ1n) is 5.32. The lowest BCUT2D eigenvalue weighted by atomic mass is 10.3.